The molecule has 0 spiro atoms. The van der Waals surface area contributed by atoms with Gasteiger partial charge < -0.3 is 0 Å². The largest absolute Gasteiger partial charge is 0.282 e. The lowest BCUT2D eigenvalue weighted by atomic mass is 9.81. The van der Waals surface area contributed by atoms with Crippen molar-refractivity contribution < 1.29 is 14.4 Å². The minimum absolute atomic E-state index is 0.0718. The molecule has 2 aliphatic rings. The first kappa shape index (κ1) is 21.8. The van der Waals surface area contributed by atoms with E-state index in [1.807, 2.05) is 48.5 Å². The van der Waals surface area contributed by atoms with Crippen molar-refractivity contribution in [2.45, 2.75) is 45.4 Å². The molecule has 1 aliphatic carbocycles. The number of anilines is 2. The summed E-state index contributed by atoms with van der Waals surface area (Å²) in [6.07, 6.45) is 4.53. The quantitative estimate of drug-likeness (QED) is 0.480. The minimum atomic E-state index is -0.191. The third-order valence-electron chi connectivity index (χ3n) is 6.81. The monoisotopic (exact) mass is 461 g/mol. The molecule has 2 fully saturated rings. The van der Waals surface area contributed by atoms with Gasteiger partial charge in [-0.15, -0.1) is 0 Å². The number of fused-ring (bicyclic) bond motifs is 2. The second kappa shape index (κ2) is 9.06. The zero-order valence-corrected chi connectivity index (χ0v) is 19.5. The van der Waals surface area contributed by atoms with Crippen LogP contribution in [0.2, 0.25) is 0 Å². The lowest BCUT2D eigenvalue weighted by Gasteiger charge is -2.22. The summed E-state index contributed by atoms with van der Waals surface area (Å²) < 4.78 is 1.00. The lowest BCUT2D eigenvalue weighted by Crippen LogP contribution is -2.36. The number of amides is 3. The van der Waals surface area contributed by atoms with Crippen LogP contribution in [0, 0.1) is 11.8 Å². The fourth-order valence-electron chi connectivity index (χ4n) is 4.97. The van der Waals surface area contributed by atoms with Crippen LogP contribution in [0.5, 0.6) is 0 Å². The van der Waals surface area contributed by atoms with Gasteiger partial charge in [0.05, 0.1) is 27.7 Å². The van der Waals surface area contributed by atoms with Crippen molar-refractivity contribution in [3.63, 3.8) is 0 Å². The molecule has 33 heavy (non-hydrogen) atoms. The Morgan fingerprint density at radius 1 is 1.03 bits per heavy atom. The topological polar surface area (TPSA) is 70.6 Å². The number of rotatable bonds is 6. The number of benzene rings is 2. The van der Waals surface area contributed by atoms with E-state index in [1.54, 1.807) is 4.90 Å². The highest BCUT2D eigenvalue weighted by Crippen LogP contribution is 2.38. The smallest absolute Gasteiger partial charge is 0.235 e. The van der Waals surface area contributed by atoms with E-state index in [9.17, 15) is 14.4 Å². The predicted molar refractivity (Wildman–Crippen MR) is 129 cm³/mol. The average Bonchev–Trinajstić information content (AvgIpc) is 3.37. The zero-order valence-electron chi connectivity index (χ0n) is 18.7. The third kappa shape index (κ3) is 4.06. The highest BCUT2D eigenvalue weighted by molar-refractivity contribution is 7.22. The second-order valence-electron chi connectivity index (χ2n) is 8.79. The molecule has 5 rings (SSSR count). The number of thiazole rings is 1. The van der Waals surface area contributed by atoms with E-state index in [-0.39, 0.29) is 42.5 Å². The SMILES string of the molecule is CCc1ccc(N(C(=O)CCN2C(=O)[C@H]3CCCC[C@H]3C2=O)c2nc3ccccc3s2)cc1. The van der Waals surface area contributed by atoms with Gasteiger partial charge in [0, 0.05) is 13.0 Å². The number of likely N-dealkylation sites (tertiary alicyclic amines) is 1. The van der Waals surface area contributed by atoms with Crippen molar-refractivity contribution in [2.75, 3.05) is 11.4 Å². The van der Waals surface area contributed by atoms with Crippen LogP contribution in [-0.4, -0.2) is 34.2 Å². The standard InChI is InChI=1S/C26H27N3O3S/c1-2-17-11-13-18(14-12-17)29(26-27-21-9-5-6-10-22(21)33-26)23(30)15-16-28-24(31)19-7-3-4-8-20(19)25(28)32/h5-6,9-14,19-20H,2-4,7-8,15-16H2,1H3/t19-,20+. The molecule has 1 saturated carbocycles. The Bertz CT molecular complexity index is 1150. The molecule has 0 radical (unpaired) electrons. The summed E-state index contributed by atoms with van der Waals surface area (Å²) in [7, 11) is 0. The van der Waals surface area contributed by atoms with Gasteiger partial charge in [0.15, 0.2) is 5.13 Å². The van der Waals surface area contributed by atoms with Gasteiger partial charge in [-0.05, 0) is 49.1 Å². The van der Waals surface area contributed by atoms with E-state index in [4.69, 9.17) is 4.98 Å². The van der Waals surface area contributed by atoms with Crippen LogP contribution in [0.15, 0.2) is 48.5 Å². The summed E-state index contributed by atoms with van der Waals surface area (Å²) >= 11 is 1.46. The predicted octanol–water partition coefficient (Wildman–Crippen LogP) is 5.09. The molecular weight excluding hydrogens is 434 g/mol. The molecule has 0 bridgehead atoms. The van der Waals surface area contributed by atoms with E-state index >= 15 is 0 Å². The molecule has 0 N–H and O–H groups in total. The Morgan fingerprint density at radius 2 is 1.70 bits per heavy atom. The van der Waals surface area contributed by atoms with Gasteiger partial charge in [-0.3, -0.25) is 24.2 Å². The molecule has 6 nitrogen and oxygen atoms in total. The van der Waals surface area contributed by atoms with Gasteiger partial charge in [-0.2, -0.15) is 0 Å². The molecule has 2 heterocycles. The number of hydrogen-bond acceptors (Lipinski definition) is 5. The summed E-state index contributed by atoms with van der Waals surface area (Å²) in [5.74, 6) is -0.756. The van der Waals surface area contributed by atoms with Crippen molar-refractivity contribution >= 4 is 50.1 Å². The molecule has 7 heteroatoms. The van der Waals surface area contributed by atoms with E-state index in [1.165, 1.54) is 21.8 Å². The fourth-order valence-corrected chi connectivity index (χ4v) is 5.97. The van der Waals surface area contributed by atoms with Gasteiger partial charge in [0.25, 0.3) is 0 Å². The molecule has 2 aromatic carbocycles. The minimum Gasteiger partial charge on any atom is -0.282 e. The summed E-state index contributed by atoms with van der Waals surface area (Å²) in [6, 6.07) is 15.7. The van der Waals surface area contributed by atoms with Gasteiger partial charge in [0.1, 0.15) is 0 Å². The van der Waals surface area contributed by atoms with Crippen molar-refractivity contribution in [3.8, 4) is 0 Å². The normalized spacial score (nSPS) is 20.3. The van der Waals surface area contributed by atoms with Gasteiger partial charge in [-0.1, -0.05) is 55.4 Å². The highest BCUT2D eigenvalue weighted by atomic mass is 32.1. The molecule has 170 valence electrons. The lowest BCUT2D eigenvalue weighted by molar-refractivity contribution is -0.140. The van der Waals surface area contributed by atoms with Crippen LogP contribution >= 0.6 is 11.3 Å². The maximum absolute atomic E-state index is 13.5. The van der Waals surface area contributed by atoms with Gasteiger partial charge in [-0.25, -0.2) is 4.98 Å². The number of hydrogen-bond donors (Lipinski definition) is 0. The number of para-hydroxylation sites is 1. The number of carbonyl (C=O) groups is 3. The van der Waals surface area contributed by atoms with Crippen LogP contribution in [0.3, 0.4) is 0 Å². The first-order valence-corrected chi connectivity index (χ1v) is 12.5. The fraction of sp³-hybridized carbons (Fsp3) is 0.385. The zero-order chi connectivity index (χ0) is 22.9. The van der Waals surface area contributed by atoms with Crippen molar-refractivity contribution in [1.82, 2.24) is 9.88 Å². The molecular formula is C26H27N3O3S. The third-order valence-corrected chi connectivity index (χ3v) is 7.83. The number of carbonyl (C=O) groups excluding carboxylic acids is 3. The van der Waals surface area contributed by atoms with Crippen LogP contribution < -0.4 is 4.90 Å². The van der Waals surface area contributed by atoms with E-state index in [2.05, 4.69) is 6.92 Å². The summed E-state index contributed by atoms with van der Waals surface area (Å²) in [5.41, 5.74) is 2.77. The Hall–Kier alpha value is -3.06. The van der Waals surface area contributed by atoms with Gasteiger partial charge >= 0.3 is 0 Å². The van der Waals surface area contributed by atoms with Crippen LogP contribution in [-0.2, 0) is 20.8 Å². The van der Waals surface area contributed by atoms with Crippen LogP contribution in [0.25, 0.3) is 10.2 Å². The molecule has 2 atom stereocenters. The number of aromatic nitrogens is 1. The second-order valence-corrected chi connectivity index (χ2v) is 9.80. The van der Waals surface area contributed by atoms with E-state index in [0.717, 1.165) is 48.0 Å². The molecule has 3 amide bonds. The van der Waals surface area contributed by atoms with E-state index in [0.29, 0.717) is 5.13 Å². The summed E-state index contributed by atoms with van der Waals surface area (Å²) in [4.78, 5) is 46.8. The molecule has 3 aromatic rings. The molecule has 0 unspecified atom stereocenters. The van der Waals surface area contributed by atoms with Crippen molar-refractivity contribution in [2.24, 2.45) is 11.8 Å². The van der Waals surface area contributed by atoms with Crippen molar-refractivity contribution in [3.05, 3.63) is 54.1 Å². The summed E-state index contributed by atoms with van der Waals surface area (Å²) in [5, 5.41) is 0.596. The molecule has 1 saturated heterocycles. The Balaban J connectivity index is 1.40. The first-order valence-electron chi connectivity index (χ1n) is 11.7. The first-order chi connectivity index (χ1) is 16.1. The Kier molecular flexibility index (Phi) is 5.98. The highest BCUT2D eigenvalue weighted by Gasteiger charge is 2.48. The number of nitrogens with zero attached hydrogens (tertiary/aromatic N) is 3. The Morgan fingerprint density at radius 3 is 2.33 bits per heavy atom. The maximum atomic E-state index is 13.5. The number of aryl methyl sites for hydroxylation is 1. The van der Waals surface area contributed by atoms with Gasteiger partial charge in [0.2, 0.25) is 17.7 Å². The molecule has 1 aromatic heterocycles. The average molecular weight is 462 g/mol. The maximum Gasteiger partial charge on any atom is 0.235 e. The van der Waals surface area contributed by atoms with Crippen LogP contribution in [0.1, 0.15) is 44.6 Å². The van der Waals surface area contributed by atoms with Crippen LogP contribution in [0.4, 0.5) is 10.8 Å². The number of imide groups is 1. The Labute approximate surface area is 197 Å². The molecule has 1 aliphatic heterocycles. The van der Waals surface area contributed by atoms with Crippen molar-refractivity contribution in [1.29, 1.82) is 0 Å². The summed E-state index contributed by atoms with van der Waals surface area (Å²) in [6.45, 7) is 2.21. The van der Waals surface area contributed by atoms with E-state index < -0.39 is 0 Å².